The second-order valence-electron chi connectivity index (χ2n) is 5.75. The lowest BCUT2D eigenvalue weighted by Gasteiger charge is -2.32. The summed E-state index contributed by atoms with van der Waals surface area (Å²) in [6.45, 7) is 3.93. The largest absolute Gasteiger partial charge is 0.355 e. The Bertz CT molecular complexity index is 774. The van der Waals surface area contributed by atoms with E-state index in [9.17, 15) is 0 Å². The number of aryl methyl sites for hydroxylation is 1. The minimum absolute atomic E-state index is 0.508. The van der Waals surface area contributed by atoms with Crippen LogP contribution in [0, 0.1) is 6.92 Å². The lowest BCUT2D eigenvalue weighted by Crippen LogP contribution is -2.34. The summed E-state index contributed by atoms with van der Waals surface area (Å²) in [6.07, 6.45) is 7.50. The summed E-state index contributed by atoms with van der Waals surface area (Å²) in [5, 5.41) is 0. The molecule has 1 aliphatic heterocycles. The summed E-state index contributed by atoms with van der Waals surface area (Å²) in [6, 6.07) is 4.00. The van der Waals surface area contributed by atoms with Gasteiger partial charge in [-0.25, -0.2) is 19.9 Å². The SMILES string of the molecule is Cc1ccc2ncnc(N3CCC(c4ncc[nH]4)CC3)c2n1. The van der Waals surface area contributed by atoms with E-state index in [-0.39, 0.29) is 0 Å². The van der Waals surface area contributed by atoms with Gasteiger partial charge in [-0.05, 0) is 31.9 Å². The van der Waals surface area contributed by atoms with E-state index >= 15 is 0 Å². The van der Waals surface area contributed by atoms with Crippen LogP contribution in [0.5, 0.6) is 0 Å². The molecule has 3 aromatic heterocycles. The van der Waals surface area contributed by atoms with Gasteiger partial charge in [-0.2, -0.15) is 0 Å². The van der Waals surface area contributed by atoms with Crippen molar-refractivity contribution in [2.75, 3.05) is 18.0 Å². The molecule has 0 bridgehead atoms. The van der Waals surface area contributed by atoms with Crippen LogP contribution in [0.2, 0.25) is 0 Å². The van der Waals surface area contributed by atoms with Gasteiger partial charge in [-0.15, -0.1) is 0 Å². The Morgan fingerprint density at radius 2 is 2.00 bits per heavy atom. The second kappa shape index (κ2) is 5.36. The van der Waals surface area contributed by atoms with Gasteiger partial charge >= 0.3 is 0 Å². The third-order valence-electron chi connectivity index (χ3n) is 4.30. The maximum absolute atomic E-state index is 4.63. The van der Waals surface area contributed by atoms with E-state index in [1.54, 1.807) is 6.33 Å². The van der Waals surface area contributed by atoms with Crippen molar-refractivity contribution in [2.24, 2.45) is 0 Å². The van der Waals surface area contributed by atoms with Gasteiger partial charge in [0, 0.05) is 37.1 Å². The molecule has 22 heavy (non-hydrogen) atoms. The maximum atomic E-state index is 4.63. The number of pyridine rings is 1. The predicted molar refractivity (Wildman–Crippen MR) is 84.8 cm³/mol. The van der Waals surface area contributed by atoms with Gasteiger partial charge in [0.2, 0.25) is 0 Å². The normalized spacial score (nSPS) is 16.3. The van der Waals surface area contributed by atoms with Crippen LogP contribution in [-0.4, -0.2) is 38.0 Å². The Labute approximate surface area is 128 Å². The van der Waals surface area contributed by atoms with Crippen LogP contribution >= 0.6 is 0 Å². The molecular weight excluding hydrogens is 276 g/mol. The molecule has 0 spiro atoms. The van der Waals surface area contributed by atoms with Crippen LogP contribution in [0.15, 0.2) is 30.9 Å². The first-order valence-electron chi connectivity index (χ1n) is 7.64. The van der Waals surface area contributed by atoms with Crippen LogP contribution in [0.3, 0.4) is 0 Å². The summed E-state index contributed by atoms with van der Waals surface area (Å²) in [5.41, 5.74) is 2.80. The van der Waals surface area contributed by atoms with Crippen LogP contribution in [0.1, 0.15) is 30.3 Å². The first-order valence-corrected chi connectivity index (χ1v) is 7.64. The molecule has 0 aromatic carbocycles. The highest BCUT2D eigenvalue weighted by Gasteiger charge is 2.24. The predicted octanol–water partition coefficient (Wildman–Crippen LogP) is 2.44. The van der Waals surface area contributed by atoms with E-state index in [4.69, 9.17) is 0 Å². The maximum Gasteiger partial charge on any atom is 0.158 e. The van der Waals surface area contributed by atoms with Gasteiger partial charge in [0.05, 0.1) is 5.52 Å². The average Bonchev–Trinajstić information content (AvgIpc) is 3.09. The number of aromatic amines is 1. The summed E-state index contributed by atoms with van der Waals surface area (Å²) < 4.78 is 0. The third kappa shape index (κ3) is 2.30. The average molecular weight is 294 g/mol. The van der Waals surface area contributed by atoms with E-state index in [0.29, 0.717) is 5.92 Å². The van der Waals surface area contributed by atoms with Gasteiger partial charge in [-0.1, -0.05) is 0 Å². The van der Waals surface area contributed by atoms with Crippen LogP contribution < -0.4 is 4.90 Å². The highest BCUT2D eigenvalue weighted by atomic mass is 15.2. The number of fused-ring (bicyclic) bond motifs is 1. The summed E-state index contributed by atoms with van der Waals surface area (Å²) in [5.74, 6) is 2.56. The lowest BCUT2D eigenvalue weighted by molar-refractivity contribution is 0.487. The van der Waals surface area contributed by atoms with Gasteiger partial charge in [0.25, 0.3) is 0 Å². The molecule has 4 heterocycles. The molecule has 1 N–H and O–H groups in total. The Balaban J connectivity index is 1.60. The molecule has 0 unspecified atom stereocenters. The Morgan fingerprint density at radius 3 is 2.77 bits per heavy atom. The van der Waals surface area contributed by atoms with Crippen molar-refractivity contribution in [1.29, 1.82) is 0 Å². The van der Waals surface area contributed by atoms with E-state index < -0.39 is 0 Å². The number of anilines is 1. The second-order valence-corrected chi connectivity index (χ2v) is 5.75. The smallest absolute Gasteiger partial charge is 0.158 e. The van der Waals surface area contributed by atoms with Crippen molar-refractivity contribution >= 4 is 16.9 Å². The van der Waals surface area contributed by atoms with Crippen LogP contribution in [0.25, 0.3) is 11.0 Å². The number of aromatic nitrogens is 5. The minimum Gasteiger partial charge on any atom is -0.355 e. The van der Waals surface area contributed by atoms with Crippen molar-refractivity contribution in [1.82, 2.24) is 24.9 Å². The van der Waals surface area contributed by atoms with Crippen LogP contribution in [0.4, 0.5) is 5.82 Å². The van der Waals surface area contributed by atoms with Crippen LogP contribution in [-0.2, 0) is 0 Å². The number of piperidine rings is 1. The number of hydrogen-bond donors (Lipinski definition) is 1. The zero-order valence-corrected chi connectivity index (χ0v) is 12.5. The van der Waals surface area contributed by atoms with E-state index in [2.05, 4.69) is 29.8 Å². The highest BCUT2D eigenvalue weighted by molar-refractivity contribution is 5.85. The fourth-order valence-corrected chi connectivity index (χ4v) is 3.12. The molecule has 6 nitrogen and oxygen atoms in total. The molecule has 0 radical (unpaired) electrons. The Kier molecular flexibility index (Phi) is 3.21. The van der Waals surface area contributed by atoms with Crippen molar-refractivity contribution in [3.8, 4) is 0 Å². The van der Waals surface area contributed by atoms with Crippen molar-refractivity contribution in [3.05, 3.63) is 42.4 Å². The summed E-state index contributed by atoms with van der Waals surface area (Å²) in [4.78, 5) is 23.4. The fraction of sp³-hybridized carbons (Fsp3) is 0.375. The molecule has 0 atom stereocenters. The molecule has 6 heteroatoms. The molecule has 0 amide bonds. The highest BCUT2D eigenvalue weighted by Crippen LogP contribution is 2.30. The molecule has 4 rings (SSSR count). The van der Waals surface area contributed by atoms with Crippen molar-refractivity contribution < 1.29 is 0 Å². The number of rotatable bonds is 2. The third-order valence-corrected chi connectivity index (χ3v) is 4.30. The fourth-order valence-electron chi connectivity index (χ4n) is 3.12. The van der Waals surface area contributed by atoms with Gasteiger partial charge < -0.3 is 9.88 Å². The Morgan fingerprint density at radius 1 is 1.14 bits per heavy atom. The van der Waals surface area contributed by atoms with E-state index in [0.717, 1.165) is 54.3 Å². The molecule has 1 aliphatic rings. The zero-order chi connectivity index (χ0) is 14.9. The molecule has 112 valence electrons. The standard InChI is InChI=1S/C16H18N6/c1-11-2-3-13-14(21-11)16(20-10-19-13)22-8-4-12(5-9-22)15-17-6-7-18-15/h2-3,6-7,10,12H,4-5,8-9H2,1H3,(H,17,18). The first kappa shape index (κ1) is 13.2. The van der Waals surface area contributed by atoms with Crippen molar-refractivity contribution in [2.45, 2.75) is 25.7 Å². The Hall–Kier alpha value is -2.50. The monoisotopic (exact) mass is 294 g/mol. The number of nitrogens with one attached hydrogen (secondary N) is 1. The summed E-state index contributed by atoms with van der Waals surface area (Å²) >= 11 is 0. The molecule has 1 saturated heterocycles. The van der Waals surface area contributed by atoms with Gasteiger partial charge in [0.1, 0.15) is 17.7 Å². The van der Waals surface area contributed by atoms with E-state index in [1.165, 1.54) is 0 Å². The molecular formula is C16H18N6. The molecule has 3 aromatic rings. The lowest BCUT2D eigenvalue weighted by atomic mass is 9.96. The number of nitrogens with zero attached hydrogens (tertiary/aromatic N) is 5. The topological polar surface area (TPSA) is 70.6 Å². The minimum atomic E-state index is 0.508. The zero-order valence-electron chi connectivity index (χ0n) is 12.5. The van der Waals surface area contributed by atoms with Gasteiger partial charge in [0.15, 0.2) is 5.82 Å². The molecule has 0 saturated carbocycles. The number of imidazole rings is 1. The number of hydrogen-bond acceptors (Lipinski definition) is 5. The first-order chi connectivity index (χ1) is 10.8. The number of H-pyrrole nitrogens is 1. The summed E-state index contributed by atoms with van der Waals surface area (Å²) in [7, 11) is 0. The molecule has 0 aliphatic carbocycles. The quantitative estimate of drug-likeness (QED) is 0.786. The molecule has 1 fully saturated rings. The van der Waals surface area contributed by atoms with Crippen molar-refractivity contribution in [3.63, 3.8) is 0 Å². The van der Waals surface area contributed by atoms with Gasteiger partial charge in [-0.3, -0.25) is 0 Å². The van der Waals surface area contributed by atoms with E-state index in [1.807, 2.05) is 31.5 Å².